The van der Waals surface area contributed by atoms with Crippen LogP contribution in [0.25, 0.3) is 11.6 Å². The van der Waals surface area contributed by atoms with Gasteiger partial charge in [-0.05, 0) is 49.2 Å². The molecule has 0 radical (unpaired) electrons. The molecule has 2 amide bonds. The number of carbonyl (C=O) groups excluding carboxylic acids is 2. The Morgan fingerprint density at radius 3 is 2.40 bits per heavy atom. The number of fused-ring (bicyclic) bond motifs is 1. The number of carboxylic acid groups (broad SMARTS) is 2. The van der Waals surface area contributed by atoms with Crippen molar-refractivity contribution in [1.29, 1.82) is 0 Å². The van der Waals surface area contributed by atoms with Gasteiger partial charge >= 0.3 is 11.9 Å². The third kappa shape index (κ3) is 4.70. The molecule has 1 aromatic heterocycles. The van der Waals surface area contributed by atoms with Gasteiger partial charge in [0, 0.05) is 34.6 Å². The number of hydrogen-bond acceptors (Lipinski definition) is 4. The maximum Gasteiger partial charge on any atom is 0.337 e. The van der Waals surface area contributed by atoms with E-state index in [1.807, 2.05) is 6.07 Å². The van der Waals surface area contributed by atoms with Crippen molar-refractivity contribution in [3.8, 4) is 0 Å². The van der Waals surface area contributed by atoms with Crippen LogP contribution in [0.3, 0.4) is 0 Å². The predicted octanol–water partition coefficient (Wildman–Crippen LogP) is 3.25. The Balaban J connectivity index is 1.63. The molecule has 9 nitrogen and oxygen atoms in total. The van der Waals surface area contributed by atoms with Gasteiger partial charge in [0.2, 0.25) is 0 Å². The molecule has 1 aliphatic rings. The number of aromatic nitrogens is 1. The average molecular weight is 473 g/mol. The van der Waals surface area contributed by atoms with Crippen molar-refractivity contribution < 1.29 is 29.4 Å². The monoisotopic (exact) mass is 473 g/mol. The first kappa shape index (κ1) is 23.5. The summed E-state index contributed by atoms with van der Waals surface area (Å²) in [5.74, 6) is -3.21. The van der Waals surface area contributed by atoms with Gasteiger partial charge in [-0.2, -0.15) is 0 Å². The molecule has 1 aliphatic heterocycles. The third-order valence-electron chi connectivity index (χ3n) is 5.93. The zero-order chi connectivity index (χ0) is 25.3. The molecule has 5 N–H and O–H groups in total. The van der Waals surface area contributed by atoms with Crippen molar-refractivity contribution in [2.45, 2.75) is 26.3 Å². The van der Waals surface area contributed by atoms with E-state index in [9.17, 15) is 29.4 Å². The van der Waals surface area contributed by atoms with Gasteiger partial charge in [-0.1, -0.05) is 30.3 Å². The fourth-order valence-electron chi connectivity index (χ4n) is 4.15. The number of nitrogens with one attached hydrogen (secondary N) is 3. The zero-order valence-corrected chi connectivity index (χ0v) is 19.0. The molecule has 0 unspecified atom stereocenters. The molecule has 0 bridgehead atoms. The van der Waals surface area contributed by atoms with Crippen molar-refractivity contribution in [3.63, 3.8) is 0 Å². The van der Waals surface area contributed by atoms with E-state index in [0.717, 1.165) is 5.56 Å². The van der Waals surface area contributed by atoms with Crippen molar-refractivity contribution in [1.82, 2.24) is 10.3 Å². The molecule has 1 atom stereocenters. The number of aromatic amines is 1. The highest BCUT2D eigenvalue weighted by atomic mass is 16.4. The van der Waals surface area contributed by atoms with Gasteiger partial charge in [0.1, 0.15) is 6.04 Å². The van der Waals surface area contributed by atoms with Crippen LogP contribution in [-0.4, -0.2) is 45.0 Å². The summed E-state index contributed by atoms with van der Waals surface area (Å²) in [4.78, 5) is 51.8. The summed E-state index contributed by atoms with van der Waals surface area (Å²) >= 11 is 0. The minimum absolute atomic E-state index is 0.120. The van der Waals surface area contributed by atoms with Crippen LogP contribution in [0, 0.1) is 13.8 Å². The lowest BCUT2D eigenvalue weighted by molar-refractivity contribution is -0.139. The Labute approximate surface area is 200 Å². The summed E-state index contributed by atoms with van der Waals surface area (Å²) in [7, 11) is 0. The van der Waals surface area contributed by atoms with Crippen LogP contribution in [0.15, 0.2) is 48.5 Å². The summed E-state index contributed by atoms with van der Waals surface area (Å²) in [6.45, 7) is 3.29. The van der Waals surface area contributed by atoms with E-state index in [0.29, 0.717) is 28.2 Å². The van der Waals surface area contributed by atoms with Gasteiger partial charge in [-0.15, -0.1) is 0 Å². The van der Waals surface area contributed by atoms with E-state index in [4.69, 9.17) is 0 Å². The van der Waals surface area contributed by atoms with Crippen LogP contribution >= 0.6 is 0 Å². The summed E-state index contributed by atoms with van der Waals surface area (Å²) in [6.07, 6.45) is 1.67. The quantitative estimate of drug-likeness (QED) is 0.333. The number of aliphatic carboxylic acids is 1. The first-order chi connectivity index (χ1) is 16.7. The van der Waals surface area contributed by atoms with Crippen molar-refractivity contribution >= 4 is 41.1 Å². The van der Waals surface area contributed by atoms with Gasteiger partial charge in [0.15, 0.2) is 0 Å². The Hall–Kier alpha value is -4.66. The van der Waals surface area contributed by atoms with E-state index in [1.54, 1.807) is 50.3 Å². The average Bonchev–Trinajstić information content (AvgIpc) is 3.28. The Bertz CT molecular complexity index is 1390. The lowest BCUT2D eigenvalue weighted by atomic mass is 10.0. The van der Waals surface area contributed by atoms with Gasteiger partial charge in [0.25, 0.3) is 11.8 Å². The van der Waals surface area contributed by atoms with Crippen LogP contribution in [0.5, 0.6) is 0 Å². The van der Waals surface area contributed by atoms with Crippen LogP contribution < -0.4 is 10.6 Å². The minimum atomic E-state index is -1.16. The molecule has 2 heterocycles. The highest BCUT2D eigenvalue weighted by Crippen LogP contribution is 2.34. The lowest BCUT2D eigenvalue weighted by Gasteiger charge is -2.15. The molecule has 4 rings (SSSR count). The second kappa shape index (κ2) is 9.30. The summed E-state index contributed by atoms with van der Waals surface area (Å²) in [6, 6.07) is 12.4. The van der Waals surface area contributed by atoms with Crippen LogP contribution in [0.4, 0.5) is 5.69 Å². The fraction of sp³-hybridized carbons (Fsp3) is 0.154. The largest absolute Gasteiger partial charge is 0.480 e. The summed E-state index contributed by atoms with van der Waals surface area (Å²) in [5.41, 5.74) is 3.74. The van der Waals surface area contributed by atoms with Gasteiger partial charge < -0.3 is 25.8 Å². The lowest BCUT2D eigenvalue weighted by Crippen LogP contribution is -2.42. The van der Waals surface area contributed by atoms with E-state index in [1.165, 1.54) is 12.1 Å². The number of benzene rings is 2. The Morgan fingerprint density at radius 2 is 1.77 bits per heavy atom. The highest BCUT2D eigenvalue weighted by molar-refractivity contribution is 6.35. The maximum absolute atomic E-state index is 12.9. The van der Waals surface area contributed by atoms with E-state index in [2.05, 4.69) is 15.6 Å². The predicted molar refractivity (Wildman–Crippen MR) is 129 cm³/mol. The molecular weight excluding hydrogens is 450 g/mol. The zero-order valence-electron chi connectivity index (χ0n) is 19.0. The van der Waals surface area contributed by atoms with Crippen molar-refractivity contribution in [2.75, 3.05) is 5.32 Å². The molecule has 178 valence electrons. The third-order valence-corrected chi connectivity index (χ3v) is 5.93. The molecule has 2 aromatic carbocycles. The van der Waals surface area contributed by atoms with E-state index < -0.39 is 29.8 Å². The standard InChI is InChI=1S/C26H23N3O6/c1-13-20(27-14(2)22(13)26(34)35)12-18-17-11-16(8-9-19(17)28-24(18)31)23(30)29-21(25(32)33)10-15-6-4-3-5-7-15/h3-9,11-12,21,27H,10H2,1-2H3,(H,28,31)(H,29,30)(H,32,33)(H,34,35)/b18-12-/t21-/m0/s1. The number of amides is 2. The van der Waals surface area contributed by atoms with Crippen LogP contribution in [0.2, 0.25) is 0 Å². The van der Waals surface area contributed by atoms with Crippen LogP contribution in [-0.2, 0) is 16.0 Å². The molecule has 9 heteroatoms. The van der Waals surface area contributed by atoms with Gasteiger partial charge in [0.05, 0.1) is 11.1 Å². The molecule has 0 fully saturated rings. The van der Waals surface area contributed by atoms with E-state index in [-0.39, 0.29) is 23.1 Å². The first-order valence-corrected chi connectivity index (χ1v) is 10.8. The molecule has 3 aromatic rings. The fourth-order valence-corrected chi connectivity index (χ4v) is 4.15. The topological polar surface area (TPSA) is 149 Å². The molecule has 0 spiro atoms. The number of carbonyl (C=O) groups is 4. The van der Waals surface area contributed by atoms with Gasteiger partial charge in [-0.25, -0.2) is 9.59 Å². The molecular formula is C26H23N3O6. The SMILES string of the molecule is Cc1[nH]c(/C=C2\C(=O)Nc3ccc(C(=O)N[C@@H](Cc4ccccc4)C(=O)O)cc32)c(C)c1C(=O)O. The molecule has 35 heavy (non-hydrogen) atoms. The van der Waals surface area contributed by atoms with Crippen molar-refractivity contribution in [3.05, 3.63) is 87.7 Å². The Morgan fingerprint density at radius 1 is 1.06 bits per heavy atom. The summed E-state index contributed by atoms with van der Waals surface area (Å²) in [5, 5.41) is 24.3. The number of carboxylic acids is 2. The number of H-pyrrole nitrogens is 1. The van der Waals surface area contributed by atoms with Crippen LogP contribution in [0.1, 0.15) is 48.8 Å². The maximum atomic E-state index is 12.9. The summed E-state index contributed by atoms with van der Waals surface area (Å²) < 4.78 is 0. The second-order valence-electron chi connectivity index (χ2n) is 8.30. The highest BCUT2D eigenvalue weighted by Gasteiger charge is 2.28. The normalized spacial score (nSPS) is 14.3. The van der Waals surface area contributed by atoms with Crippen molar-refractivity contribution in [2.24, 2.45) is 0 Å². The smallest absolute Gasteiger partial charge is 0.337 e. The minimum Gasteiger partial charge on any atom is -0.480 e. The number of aromatic carboxylic acids is 1. The van der Waals surface area contributed by atoms with E-state index >= 15 is 0 Å². The second-order valence-corrected chi connectivity index (χ2v) is 8.30. The molecule has 0 saturated heterocycles. The number of anilines is 1. The number of aryl methyl sites for hydroxylation is 1. The number of hydrogen-bond donors (Lipinski definition) is 5. The first-order valence-electron chi connectivity index (χ1n) is 10.8. The number of rotatable bonds is 7. The Kier molecular flexibility index (Phi) is 6.24. The molecule has 0 saturated carbocycles. The van der Waals surface area contributed by atoms with Gasteiger partial charge in [-0.3, -0.25) is 9.59 Å². The molecule has 0 aliphatic carbocycles.